The molecule has 0 spiro atoms. The smallest absolute Gasteiger partial charge is 0.321 e. The Morgan fingerprint density at radius 2 is 1.70 bits per heavy atom. The van der Waals surface area contributed by atoms with E-state index in [1.807, 2.05) is 75.2 Å². The third kappa shape index (κ3) is 4.71. The fourth-order valence-electron chi connectivity index (χ4n) is 2.38. The molecule has 5 heteroatoms. The van der Waals surface area contributed by atoms with Crippen LogP contribution in [-0.4, -0.2) is 31.1 Å². The van der Waals surface area contributed by atoms with Crippen LogP contribution in [0.3, 0.4) is 0 Å². The van der Waals surface area contributed by atoms with Crippen molar-refractivity contribution in [1.82, 2.24) is 10.6 Å². The molecule has 3 amide bonds. The summed E-state index contributed by atoms with van der Waals surface area (Å²) < 4.78 is 0. The van der Waals surface area contributed by atoms with Crippen molar-refractivity contribution in [3.05, 3.63) is 42.5 Å². The van der Waals surface area contributed by atoms with Gasteiger partial charge in [0, 0.05) is 23.7 Å². The van der Waals surface area contributed by atoms with Crippen molar-refractivity contribution >= 4 is 28.4 Å². The van der Waals surface area contributed by atoms with Gasteiger partial charge in [-0.05, 0) is 32.2 Å². The first-order valence-electron chi connectivity index (χ1n) is 7.57. The van der Waals surface area contributed by atoms with Crippen molar-refractivity contribution in [2.75, 3.05) is 18.5 Å². The maximum Gasteiger partial charge on any atom is 0.321 e. The van der Waals surface area contributed by atoms with E-state index >= 15 is 0 Å². The van der Waals surface area contributed by atoms with E-state index in [1.165, 1.54) is 0 Å². The Balaban J connectivity index is 2.05. The van der Waals surface area contributed by atoms with Gasteiger partial charge in [-0.2, -0.15) is 0 Å². The monoisotopic (exact) mass is 313 g/mol. The molecule has 0 fully saturated rings. The van der Waals surface area contributed by atoms with Gasteiger partial charge in [0.1, 0.15) is 0 Å². The van der Waals surface area contributed by atoms with E-state index in [2.05, 4.69) is 10.6 Å². The summed E-state index contributed by atoms with van der Waals surface area (Å²) in [6, 6.07) is 13.5. The number of nitrogens with one attached hydrogen (secondary N) is 2. The highest BCUT2D eigenvalue weighted by atomic mass is 16.2. The van der Waals surface area contributed by atoms with Crippen LogP contribution in [-0.2, 0) is 4.79 Å². The van der Waals surface area contributed by atoms with Crippen molar-refractivity contribution < 1.29 is 9.59 Å². The largest absolute Gasteiger partial charge is 0.365 e. The molecule has 0 saturated heterocycles. The molecule has 5 nitrogen and oxygen atoms in total. The molecule has 0 aliphatic carbocycles. The van der Waals surface area contributed by atoms with Gasteiger partial charge in [0.2, 0.25) is 5.91 Å². The molecule has 0 aliphatic rings. The van der Waals surface area contributed by atoms with Crippen molar-refractivity contribution in [2.45, 2.75) is 26.3 Å². The lowest BCUT2D eigenvalue weighted by atomic mass is 10.1. The van der Waals surface area contributed by atoms with Gasteiger partial charge < -0.3 is 10.2 Å². The van der Waals surface area contributed by atoms with Gasteiger partial charge in [0.05, 0.1) is 6.54 Å². The van der Waals surface area contributed by atoms with Crippen LogP contribution in [0.15, 0.2) is 42.5 Å². The molecule has 0 aliphatic heterocycles. The van der Waals surface area contributed by atoms with E-state index in [4.69, 9.17) is 0 Å². The zero-order chi connectivity index (χ0) is 17.0. The second kappa shape index (κ2) is 6.69. The molecule has 2 rings (SSSR count). The summed E-state index contributed by atoms with van der Waals surface area (Å²) in [4.78, 5) is 25.6. The summed E-state index contributed by atoms with van der Waals surface area (Å²) in [5.74, 6) is -0.345. The van der Waals surface area contributed by atoms with Crippen molar-refractivity contribution in [3.8, 4) is 0 Å². The number of carbonyl (C=O) groups excluding carboxylic acids is 2. The van der Waals surface area contributed by atoms with Gasteiger partial charge in [-0.3, -0.25) is 10.1 Å². The normalized spacial score (nSPS) is 11.1. The Hall–Kier alpha value is -2.56. The molecule has 2 aromatic rings. The minimum atomic E-state index is -0.478. The van der Waals surface area contributed by atoms with Crippen molar-refractivity contribution in [3.63, 3.8) is 0 Å². The lowest BCUT2D eigenvalue weighted by molar-refractivity contribution is -0.118. The number of urea groups is 1. The van der Waals surface area contributed by atoms with Crippen molar-refractivity contribution in [2.24, 2.45) is 0 Å². The number of fused-ring (bicyclic) bond motifs is 1. The first-order chi connectivity index (χ1) is 10.8. The molecule has 0 saturated carbocycles. The number of benzene rings is 2. The number of carbonyl (C=O) groups is 2. The lowest BCUT2D eigenvalue weighted by Crippen LogP contribution is -2.50. The number of nitrogens with zero attached hydrogens (tertiary/aromatic N) is 1. The van der Waals surface area contributed by atoms with Gasteiger partial charge in [0.25, 0.3) is 0 Å². The van der Waals surface area contributed by atoms with Crippen LogP contribution in [0.1, 0.15) is 20.8 Å². The lowest BCUT2D eigenvalue weighted by Gasteiger charge is -2.22. The molecule has 0 unspecified atom stereocenters. The maximum absolute atomic E-state index is 12.0. The molecule has 0 atom stereocenters. The Morgan fingerprint density at radius 3 is 2.39 bits per heavy atom. The van der Waals surface area contributed by atoms with Gasteiger partial charge in [0.15, 0.2) is 0 Å². The number of anilines is 1. The number of rotatable bonds is 3. The molecule has 0 radical (unpaired) electrons. The molecule has 2 N–H and O–H groups in total. The van der Waals surface area contributed by atoms with Crippen LogP contribution < -0.4 is 15.5 Å². The topological polar surface area (TPSA) is 61.4 Å². The van der Waals surface area contributed by atoms with E-state index < -0.39 is 6.03 Å². The third-order valence-electron chi connectivity index (χ3n) is 3.30. The number of hydrogen-bond acceptors (Lipinski definition) is 3. The van der Waals surface area contributed by atoms with Gasteiger partial charge in [-0.1, -0.05) is 36.4 Å². The van der Waals surface area contributed by atoms with E-state index in [0.717, 1.165) is 16.5 Å². The predicted molar refractivity (Wildman–Crippen MR) is 93.6 cm³/mol. The number of hydrogen-bond donors (Lipinski definition) is 2. The summed E-state index contributed by atoms with van der Waals surface area (Å²) in [6.07, 6.45) is 0. The Labute approximate surface area is 136 Å². The van der Waals surface area contributed by atoms with Crippen LogP contribution >= 0.6 is 0 Å². The average molecular weight is 313 g/mol. The number of imide groups is 1. The quantitative estimate of drug-likeness (QED) is 0.916. The zero-order valence-corrected chi connectivity index (χ0v) is 14.0. The minimum absolute atomic E-state index is 0.103. The van der Waals surface area contributed by atoms with Crippen LogP contribution in [0.5, 0.6) is 0 Å². The van der Waals surface area contributed by atoms with Crippen LogP contribution in [0.25, 0.3) is 10.8 Å². The second-order valence-corrected chi connectivity index (χ2v) is 6.61. The third-order valence-corrected chi connectivity index (χ3v) is 3.30. The predicted octanol–water partition coefficient (Wildman–Crippen LogP) is 2.90. The summed E-state index contributed by atoms with van der Waals surface area (Å²) in [5, 5.41) is 7.25. The average Bonchev–Trinajstić information content (AvgIpc) is 2.44. The molecule has 2 aromatic carbocycles. The molecular weight excluding hydrogens is 290 g/mol. The molecule has 122 valence electrons. The Bertz CT molecular complexity index is 714. The molecule has 23 heavy (non-hydrogen) atoms. The van der Waals surface area contributed by atoms with Gasteiger partial charge in [-0.25, -0.2) is 4.79 Å². The summed E-state index contributed by atoms with van der Waals surface area (Å²) in [5.41, 5.74) is 0.570. The van der Waals surface area contributed by atoms with Gasteiger partial charge >= 0.3 is 6.03 Å². The highest BCUT2D eigenvalue weighted by molar-refractivity contribution is 5.99. The highest BCUT2D eigenvalue weighted by Crippen LogP contribution is 2.25. The SMILES string of the molecule is CN(CC(=O)NC(=O)NC(C)(C)C)c1cccc2ccccc12. The van der Waals surface area contributed by atoms with E-state index in [-0.39, 0.29) is 18.0 Å². The summed E-state index contributed by atoms with van der Waals surface area (Å²) in [7, 11) is 1.84. The molecular formula is C18H23N3O2. The molecule has 0 aromatic heterocycles. The van der Waals surface area contributed by atoms with E-state index in [0.29, 0.717) is 0 Å². The van der Waals surface area contributed by atoms with Crippen LogP contribution in [0.2, 0.25) is 0 Å². The first kappa shape index (κ1) is 16.8. The molecule has 0 heterocycles. The van der Waals surface area contributed by atoms with E-state index in [1.54, 1.807) is 0 Å². The summed E-state index contributed by atoms with van der Waals surface area (Å²) in [6.45, 7) is 5.68. The highest BCUT2D eigenvalue weighted by Gasteiger charge is 2.17. The Morgan fingerprint density at radius 1 is 1.04 bits per heavy atom. The van der Waals surface area contributed by atoms with Crippen LogP contribution in [0.4, 0.5) is 10.5 Å². The number of likely N-dealkylation sites (N-methyl/N-ethyl adjacent to an activating group) is 1. The fourth-order valence-corrected chi connectivity index (χ4v) is 2.38. The zero-order valence-electron chi connectivity index (χ0n) is 14.0. The first-order valence-corrected chi connectivity index (χ1v) is 7.57. The fraction of sp³-hybridized carbons (Fsp3) is 0.333. The van der Waals surface area contributed by atoms with Crippen molar-refractivity contribution in [1.29, 1.82) is 0 Å². The maximum atomic E-state index is 12.0. The van der Waals surface area contributed by atoms with Crippen LogP contribution in [0, 0.1) is 0 Å². The number of amides is 3. The second-order valence-electron chi connectivity index (χ2n) is 6.61. The summed E-state index contributed by atoms with van der Waals surface area (Å²) >= 11 is 0. The standard InChI is InChI=1S/C18H23N3O2/c1-18(2,3)20-17(23)19-16(22)12-21(4)15-11-7-9-13-8-5-6-10-14(13)15/h5-11H,12H2,1-4H3,(H2,19,20,22,23). The van der Waals surface area contributed by atoms with E-state index in [9.17, 15) is 9.59 Å². The minimum Gasteiger partial charge on any atom is -0.365 e. The Kier molecular flexibility index (Phi) is 4.89. The molecule has 0 bridgehead atoms. The van der Waals surface area contributed by atoms with Gasteiger partial charge in [-0.15, -0.1) is 0 Å².